The minimum Gasteiger partial charge on any atom is -0.365 e. The van der Waals surface area contributed by atoms with Gasteiger partial charge in [-0.3, -0.25) is 9.59 Å². The molecule has 0 aromatic carbocycles. The van der Waals surface area contributed by atoms with Gasteiger partial charge < -0.3 is 11.1 Å². The van der Waals surface area contributed by atoms with Crippen LogP contribution in [0.3, 0.4) is 0 Å². The standard InChI is InChI=1S/C18H28N4O2.H2/c1-4-16(23)12-5-7-13(8-6-12)21-18-20-10-14(17(19)24)15(22-18)9-11(2)3;/h10-13H,4-9H2,1-3H3,(H2,19,24)(H,20,21,22);1H. The quantitative estimate of drug-likeness (QED) is 0.799. The summed E-state index contributed by atoms with van der Waals surface area (Å²) < 4.78 is 0. The van der Waals surface area contributed by atoms with Gasteiger partial charge >= 0.3 is 0 Å². The summed E-state index contributed by atoms with van der Waals surface area (Å²) in [7, 11) is 0. The molecule has 0 bridgehead atoms. The first kappa shape index (κ1) is 18.4. The first-order valence-electron chi connectivity index (χ1n) is 8.85. The lowest BCUT2D eigenvalue weighted by Crippen LogP contribution is -2.30. The first-order chi connectivity index (χ1) is 11.4. The molecule has 1 aliphatic carbocycles. The molecule has 134 valence electrons. The molecule has 1 saturated carbocycles. The number of carbonyl (C=O) groups excluding carboxylic acids is 2. The number of nitrogens with two attached hydrogens (primary N) is 1. The van der Waals surface area contributed by atoms with E-state index in [-0.39, 0.29) is 13.4 Å². The Hall–Kier alpha value is -1.98. The van der Waals surface area contributed by atoms with Crippen LogP contribution in [0.5, 0.6) is 0 Å². The molecular weight excluding hydrogens is 304 g/mol. The third kappa shape index (κ3) is 4.76. The van der Waals surface area contributed by atoms with Crippen molar-refractivity contribution in [2.45, 2.75) is 65.3 Å². The second-order valence-electron chi connectivity index (χ2n) is 7.03. The molecule has 1 aliphatic rings. The van der Waals surface area contributed by atoms with Crippen LogP contribution < -0.4 is 11.1 Å². The predicted molar refractivity (Wildman–Crippen MR) is 95.9 cm³/mol. The molecule has 1 fully saturated rings. The lowest BCUT2D eigenvalue weighted by molar-refractivity contribution is -0.123. The number of amides is 1. The maximum Gasteiger partial charge on any atom is 0.252 e. The third-order valence-electron chi connectivity index (χ3n) is 4.60. The lowest BCUT2D eigenvalue weighted by Gasteiger charge is -2.28. The molecule has 1 aromatic rings. The summed E-state index contributed by atoms with van der Waals surface area (Å²) in [6.45, 7) is 6.08. The highest BCUT2D eigenvalue weighted by Crippen LogP contribution is 2.27. The summed E-state index contributed by atoms with van der Waals surface area (Å²) in [5.41, 5.74) is 6.50. The van der Waals surface area contributed by atoms with E-state index in [0.717, 1.165) is 25.7 Å². The van der Waals surface area contributed by atoms with Crippen LogP contribution in [-0.2, 0) is 11.2 Å². The Kier molecular flexibility index (Phi) is 6.29. The molecule has 1 heterocycles. The molecule has 1 amide bonds. The minimum atomic E-state index is -0.490. The van der Waals surface area contributed by atoms with E-state index in [1.165, 1.54) is 6.20 Å². The zero-order valence-electron chi connectivity index (χ0n) is 14.8. The van der Waals surface area contributed by atoms with E-state index in [1.54, 1.807) is 0 Å². The van der Waals surface area contributed by atoms with E-state index >= 15 is 0 Å². The number of nitrogens with zero attached hydrogens (tertiary/aromatic N) is 2. The maximum atomic E-state index is 11.8. The van der Waals surface area contributed by atoms with E-state index in [4.69, 9.17) is 5.73 Å². The Morgan fingerprint density at radius 3 is 2.54 bits per heavy atom. The van der Waals surface area contributed by atoms with E-state index in [0.29, 0.717) is 41.7 Å². The molecule has 0 unspecified atom stereocenters. The number of hydrogen-bond acceptors (Lipinski definition) is 5. The number of anilines is 1. The van der Waals surface area contributed by atoms with E-state index in [2.05, 4.69) is 29.1 Å². The minimum absolute atomic E-state index is 0. The average Bonchev–Trinajstić information content (AvgIpc) is 2.54. The number of Topliss-reactive ketones (excluding diaryl/α,β-unsaturated/α-hetero) is 1. The summed E-state index contributed by atoms with van der Waals surface area (Å²) in [5.74, 6) is 1.01. The lowest BCUT2D eigenvalue weighted by atomic mass is 9.83. The Morgan fingerprint density at radius 2 is 2.00 bits per heavy atom. The van der Waals surface area contributed by atoms with E-state index in [1.807, 2.05) is 6.92 Å². The van der Waals surface area contributed by atoms with Crippen molar-refractivity contribution in [3.63, 3.8) is 0 Å². The topological polar surface area (TPSA) is 98.0 Å². The van der Waals surface area contributed by atoms with Gasteiger partial charge in [-0.1, -0.05) is 20.8 Å². The van der Waals surface area contributed by atoms with Crippen LogP contribution in [0.15, 0.2) is 6.20 Å². The van der Waals surface area contributed by atoms with Gasteiger partial charge in [0.1, 0.15) is 5.78 Å². The van der Waals surface area contributed by atoms with Crippen LogP contribution >= 0.6 is 0 Å². The van der Waals surface area contributed by atoms with Crippen molar-refractivity contribution in [1.82, 2.24) is 9.97 Å². The van der Waals surface area contributed by atoms with Gasteiger partial charge in [0.2, 0.25) is 5.95 Å². The van der Waals surface area contributed by atoms with Crippen molar-refractivity contribution in [2.24, 2.45) is 17.6 Å². The fourth-order valence-corrected chi connectivity index (χ4v) is 3.27. The van der Waals surface area contributed by atoms with E-state index in [9.17, 15) is 9.59 Å². The number of primary amides is 1. The Bertz CT molecular complexity index is 599. The van der Waals surface area contributed by atoms with Crippen molar-refractivity contribution >= 4 is 17.6 Å². The fraction of sp³-hybridized carbons (Fsp3) is 0.667. The van der Waals surface area contributed by atoms with Gasteiger partial charge in [0.25, 0.3) is 5.91 Å². The van der Waals surface area contributed by atoms with Gasteiger partial charge in [0.05, 0.1) is 11.3 Å². The zero-order chi connectivity index (χ0) is 17.7. The third-order valence-corrected chi connectivity index (χ3v) is 4.60. The van der Waals surface area contributed by atoms with Gasteiger partial charge in [-0.2, -0.15) is 0 Å². The molecule has 6 heteroatoms. The number of aromatic nitrogens is 2. The van der Waals surface area contributed by atoms with Gasteiger partial charge in [-0.15, -0.1) is 0 Å². The molecule has 0 aliphatic heterocycles. The van der Waals surface area contributed by atoms with Crippen molar-refractivity contribution in [3.8, 4) is 0 Å². The molecule has 0 saturated heterocycles. The summed E-state index contributed by atoms with van der Waals surface area (Å²) >= 11 is 0. The van der Waals surface area contributed by atoms with E-state index < -0.39 is 5.91 Å². The molecule has 1 aromatic heterocycles. The van der Waals surface area contributed by atoms with Crippen LogP contribution in [0.4, 0.5) is 5.95 Å². The number of carbonyl (C=O) groups is 2. The highest BCUT2D eigenvalue weighted by atomic mass is 16.1. The van der Waals surface area contributed by atoms with Crippen LogP contribution in [0.1, 0.15) is 70.4 Å². The highest BCUT2D eigenvalue weighted by Gasteiger charge is 2.25. The fourth-order valence-electron chi connectivity index (χ4n) is 3.27. The number of rotatable bonds is 7. The zero-order valence-corrected chi connectivity index (χ0v) is 14.8. The molecule has 0 atom stereocenters. The summed E-state index contributed by atoms with van der Waals surface area (Å²) in [4.78, 5) is 32.1. The Labute approximate surface area is 145 Å². The van der Waals surface area contributed by atoms with Gasteiger partial charge in [-0.25, -0.2) is 9.97 Å². The summed E-state index contributed by atoms with van der Waals surface area (Å²) in [5, 5.41) is 3.35. The van der Waals surface area contributed by atoms with Crippen LogP contribution in [0.2, 0.25) is 0 Å². The second-order valence-corrected chi connectivity index (χ2v) is 7.03. The van der Waals surface area contributed by atoms with Crippen LogP contribution in [0.25, 0.3) is 0 Å². The van der Waals surface area contributed by atoms with Crippen LogP contribution in [0, 0.1) is 11.8 Å². The number of ketones is 1. The van der Waals surface area contributed by atoms with Crippen molar-refractivity contribution < 1.29 is 11.0 Å². The Morgan fingerprint density at radius 1 is 1.33 bits per heavy atom. The normalized spacial score (nSPS) is 20.8. The smallest absolute Gasteiger partial charge is 0.252 e. The second kappa shape index (κ2) is 8.22. The molecule has 24 heavy (non-hydrogen) atoms. The molecule has 3 N–H and O–H groups in total. The molecule has 2 rings (SSSR count). The number of hydrogen-bond donors (Lipinski definition) is 2. The first-order valence-corrected chi connectivity index (χ1v) is 8.85. The van der Waals surface area contributed by atoms with Gasteiger partial charge in [0, 0.05) is 26.0 Å². The highest BCUT2D eigenvalue weighted by molar-refractivity contribution is 5.93. The number of nitrogens with one attached hydrogen (secondary N) is 1. The SMILES string of the molecule is CCC(=O)C1CCC(Nc2ncc(C(N)=O)c(CC(C)C)n2)CC1.[HH]. The van der Waals surface area contributed by atoms with Crippen molar-refractivity contribution in [1.29, 1.82) is 0 Å². The predicted octanol–water partition coefficient (Wildman–Crippen LogP) is 2.97. The largest absolute Gasteiger partial charge is 0.365 e. The van der Waals surface area contributed by atoms with Crippen molar-refractivity contribution in [3.05, 3.63) is 17.5 Å². The monoisotopic (exact) mass is 334 g/mol. The molecular formula is C18H30N4O2. The molecule has 0 radical (unpaired) electrons. The molecule has 6 nitrogen and oxygen atoms in total. The Balaban J connectivity index is 0.00000312. The molecule has 0 spiro atoms. The van der Waals surface area contributed by atoms with Gasteiger partial charge in [-0.05, 0) is 38.0 Å². The van der Waals surface area contributed by atoms with Gasteiger partial charge in [0.15, 0.2) is 0 Å². The van der Waals surface area contributed by atoms with Crippen LogP contribution in [-0.4, -0.2) is 27.7 Å². The average molecular weight is 334 g/mol. The summed E-state index contributed by atoms with van der Waals surface area (Å²) in [6.07, 6.45) is 6.55. The summed E-state index contributed by atoms with van der Waals surface area (Å²) in [6, 6.07) is 0.275. The maximum absolute atomic E-state index is 11.8. The van der Waals surface area contributed by atoms with Crippen molar-refractivity contribution in [2.75, 3.05) is 5.32 Å².